The maximum atomic E-state index is 12.6. The van der Waals surface area contributed by atoms with Crippen LogP contribution in [0.3, 0.4) is 0 Å². The number of ether oxygens (including phenoxy) is 1. The van der Waals surface area contributed by atoms with E-state index in [1.807, 2.05) is 0 Å². The first-order valence-corrected chi connectivity index (χ1v) is 5.14. The molecule has 0 fully saturated rings. The summed E-state index contributed by atoms with van der Waals surface area (Å²) in [5.74, 6) is -0.976. The predicted molar refractivity (Wildman–Crippen MR) is 51.1 cm³/mol. The van der Waals surface area contributed by atoms with Crippen LogP contribution in [0.2, 0.25) is 0 Å². The van der Waals surface area contributed by atoms with Crippen molar-refractivity contribution in [3.8, 4) is 0 Å². The lowest BCUT2D eigenvalue weighted by atomic mass is 9.86. The first-order chi connectivity index (χ1) is 7.93. The number of nitrogens with one attached hydrogen (secondary N) is 1. The van der Waals surface area contributed by atoms with E-state index >= 15 is 0 Å². The number of fused-ring (bicyclic) bond motifs is 1. The van der Waals surface area contributed by atoms with Crippen LogP contribution < -0.4 is 0 Å². The van der Waals surface area contributed by atoms with Gasteiger partial charge in [0.05, 0.1) is 13.0 Å². The molecule has 1 aromatic heterocycles. The van der Waals surface area contributed by atoms with Crippen LogP contribution in [0.1, 0.15) is 23.4 Å². The number of hydrogen-bond donors (Lipinski definition) is 1. The second-order valence-electron chi connectivity index (χ2n) is 3.99. The Bertz CT molecular complexity index is 439. The molecule has 0 amide bonds. The lowest BCUT2D eigenvalue weighted by molar-refractivity contribution is -0.147. The molecule has 0 bridgehead atoms. The van der Waals surface area contributed by atoms with Gasteiger partial charge in [0.15, 0.2) is 5.69 Å². The molecular weight excluding hydrogens is 237 g/mol. The van der Waals surface area contributed by atoms with Crippen molar-refractivity contribution in [1.82, 2.24) is 10.2 Å². The van der Waals surface area contributed by atoms with Gasteiger partial charge in [-0.05, 0) is 19.3 Å². The molecule has 4 nitrogen and oxygen atoms in total. The average Bonchev–Trinajstić information content (AvgIpc) is 2.70. The number of carbonyl (C=O) groups is 1. The van der Waals surface area contributed by atoms with Crippen LogP contribution in [0.15, 0.2) is 0 Å². The minimum Gasteiger partial charge on any atom is -0.469 e. The molecule has 1 atom stereocenters. The third kappa shape index (κ3) is 2.13. The van der Waals surface area contributed by atoms with Crippen molar-refractivity contribution in [1.29, 1.82) is 0 Å². The predicted octanol–water partition coefficient (Wildman–Crippen LogP) is 1.71. The third-order valence-electron chi connectivity index (χ3n) is 2.95. The Kier molecular flexibility index (Phi) is 2.84. The zero-order valence-corrected chi connectivity index (χ0v) is 9.10. The van der Waals surface area contributed by atoms with Gasteiger partial charge >= 0.3 is 12.1 Å². The minimum absolute atomic E-state index is 0.0351. The Hall–Kier alpha value is -1.53. The lowest BCUT2D eigenvalue weighted by Crippen LogP contribution is -2.24. The molecule has 0 saturated heterocycles. The third-order valence-corrected chi connectivity index (χ3v) is 2.95. The van der Waals surface area contributed by atoms with Crippen LogP contribution in [0.4, 0.5) is 13.2 Å². The number of methoxy groups -OCH3 is 1. The fourth-order valence-electron chi connectivity index (χ4n) is 2.10. The maximum absolute atomic E-state index is 12.6. The summed E-state index contributed by atoms with van der Waals surface area (Å²) < 4.78 is 42.4. The Morgan fingerprint density at radius 3 is 2.82 bits per heavy atom. The molecular formula is C10H11F3N2O2. The first-order valence-electron chi connectivity index (χ1n) is 5.14. The summed E-state index contributed by atoms with van der Waals surface area (Å²) in [6.45, 7) is 0. The van der Waals surface area contributed by atoms with Gasteiger partial charge in [0.1, 0.15) is 0 Å². The van der Waals surface area contributed by atoms with Crippen molar-refractivity contribution in [2.45, 2.75) is 25.4 Å². The lowest BCUT2D eigenvalue weighted by Gasteiger charge is -2.20. The molecule has 0 aliphatic heterocycles. The van der Waals surface area contributed by atoms with E-state index in [9.17, 15) is 18.0 Å². The van der Waals surface area contributed by atoms with E-state index in [1.165, 1.54) is 7.11 Å². The van der Waals surface area contributed by atoms with Crippen molar-refractivity contribution in [2.24, 2.45) is 5.92 Å². The molecule has 1 heterocycles. The van der Waals surface area contributed by atoms with E-state index in [4.69, 9.17) is 0 Å². The molecule has 0 aromatic carbocycles. The highest BCUT2D eigenvalue weighted by Gasteiger charge is 2.40. The van der Waals surface area contributed by atoms with E-state index in [0.29, 0.717) is 18.5 Å². The van der Waals surface area contributed by atoms with Gasteiger partial charge in [-0.15, -0.1) is 0 Å². The highest BCUT2D eigenvalue weighted by Crippen LogP contribution is 2.36. The van der Waals surface area contributed by atoms with Gasteiger partial charge in [0, 0.05) is 11.3 Å². The Labute approximate surface area is 95.1 Å². The highest BCUT2D eigenvalue weighted by atomic mass is 19.4. The number of aromatic nitrogens is 2. The van der Waals surface area contributed by atoms with Gasteiger partial charge in [0.2, 0.25) is 0 Å². The second-order valence-corrected chi connectivity index (χ2v) is 3.99. The summed E-state index contributed by atoms with van der Waals surface area (Å²) in [5.41, 5.74) is -0.349. The summed E-state index contributed by atoms with van der Waals surface area (Å²) in [5, 5.41) is 5.67. The molecule has 0 spiro atoms. The van der Waals surface area contributed by atoms with E-state index < -0.39 is 23.8 Å². The molecule has 1 aliphatic carbocycles. The number of hydrogen-bond acceptors (Lipinski definition) is 3. The Morgan fingerprint density at radius 2 is 2.24 bits per heavy atom. The summed E-state index contributed by atoms with van der Waals surface area (Å²) in [7, 11) is 1.23. The van der Waals surface area contributed by atoms with Gasteiger partial charge in [-0.3, -0.25) is 9.89 Å². The van der Waals surface area contributed by atoms with Crippen LogP contribution in [0.25, 0.3) is 0 Å². The topological polar surface area (TPSA) is 55.0 Å². The number of rotatable bonds is 1. The fraction of sp³-hybridized carbons (Fsp3) is 0.600. The van der Waals surface area contributed by atoms with E-state index in [1.54, 1.807) is 0 Å². The highest BCUT2D eigenvalue weighted by molar-refractivity contribution is 5.73. The van der Waals surface area contributed by atoms with E-state index in [0.717, 1.165) is 0 Å². The van der Waals surface area contributed by atoms with Crippen LogP contribution in [0.5, 0.6) is 0 Å². The van der Waals surface area contributed by atoms with Gasteiger partial charge in [-0.1, -0.05) is 0 Å². The smallest absolute Gasteiger partial charge is 0.435 e. The van der Waals surface area contributed by atoms with Crippen molar-refractivity contribution in [2.75, 3.05) is 7.11 Å². The quantitative estimate of drug-likeness (QED) is 0.770. The zero-order chi connectivity index (χ0) is 12.6. The van der Waals surface area contributed by atoms with Crippen molar-refractivity contribution in [3.05, 3.63) is 17.0 Å². The second kappa shape index (κ2) is 4.05. The average molecular weight is 248 g/mol. The largest absolute Gasteiger partial charge is 0.469 e. The van der Waals surface area contributed by atoms with Crippen LogP contribution in [0, 0.1) is 5.92 Å². The summed E-state index contributed by atoms with van der Waals surface area (Å²) in [6.07, 6.45) is -3.58. The van der Waals surface area contributed by atoms with E-state index in [-0.39, 0.29) is 12.0 Å². The summed E-state index contributed by atoms with van der Waals surface area (Å²) in [4.78, 5) is 11.3. The molecule has 1 aliphatic rings. The standard InChI is InChI=1S/C10H11F3N2O2/c1-17-9(16)5-2-3-7-6(4-5)8(15-14-7)10(11,12)13/h5H,2-4H2,1H3,(H,14,15). The van der Waals surface area contributed by atoms with Gasteiger partial charge in [0.25, 0.3) is 0 Å². The number of alkyl halides is 3. The van der Waals surface area contributed by atoms with Crippen molar-refractivity contribution >= 4 is 5.97 Å². The molecule has 0 radical (unpaired) electrons. The number of halogens is 3. The molecule has 1 aromatic rings. The Balaban J connectivity index is 2.29. The number of nitrogens with zero attached hydrogens (tertiary/aromatic N) is 1. The number of carbonyl (C=O) groups excluding carboxylic acids is 1. The monoisotopic (exact) mass is 248 g/mol. The summed E-state index contributed by atoms with van der Waals surface area (Å²) in [6, 6.07) is 0. The fourth-order valence-corrected chi connectivity index (χ4v) is 2.10. The van der Waals surface area contributed by atoms with Crippen molar-refractivity contribution < 1.29 is 22.7 Å². The first kappa shape index (κ1) is 11.9. The van der Waals surface area contributed by atoms with Gasteiger partial charge < -0.3 is 4.74 Å². The number of H-pyrrole nitrogens is 1. The number of esters is 1. The van der Waals surface area contributed by atoms with E-state index in [2.05, 4.69) is 14.9 Å². The molecule has 0 saturated carbocycles. The summed E-state index contributed by atoms with van der Waals surface area (Å²) >= 11 is 0. The number of aromatic amines is 1. The minimum atomic E-state index is -4.48. The number of aryl methyl sites for hydroxylation is 1. The SMILES string of the molecule is COC(=O)C1CCc2[nH]nc(C(F)(F)F)c2C1. The normalized spacial score (nSPS) is 19.9. The maximum Gasteiger partial charge on any atom is 0.435 e. The van der Waals surface area contributed by atoms with Gasteiger partial charge in [-0.25, -0.2) is 0 Å². The molecule has 1 unspecified atom stereocenters. The van der Waals surface area contributed by atoms with Crippen LogP contribution in [-0.4, -0.2) is 23.3 Å². The van der Waals surface area contributed by atoms with Crippen LogP contribution >= 0.6 is 0 Å². The molecule has 17 heavy (non-hydrogen) atoms. The van der Waals surface area contributed by atoms with Crippen molar-refractivity contribution in [3.63, 3.8) is 0 Å². The zero-order valence-electron chi connectivity index (χ0n) is 9.10. The molecule has 7 heteroatoms. The Morgan fingerprint density at radius 1 is 1.53 bits per heavy atom. The van der Waals surface area contributed by atoms with Crippen LogP contribution in [-0.2, 0) is 28.5 Å². The molecule has 2 rings (SSSR count). The molecule has 94 valence electrons. The molecule has 1 N–H and O–H groups in total. The van der Waals surface area contributed by atoms with Gasteiger partial charge in [-0.2, -0.15) is 18.3 Å².